The van der Waals surface area contributed by atoms with E-state index in [1.165, 1.54) is 29.4 Å². The molecule has 1 saturated heterocycles. The topological polar surface area (TPSA) is 142 Å². The standard InChI is InChI=1S/C14H17N5O5S/c1-9-7-11(19(21)22)4-5-12(9)25(23,24)18-6-2-3-10(8-18)13-15-14(20)17-16-13/h4-5,7,10H,2-3,6,8H2,1H3,(H2,15,16,17,20)/t10-/m1/s1. The predicted molar refractivity (Wildman–Crippen MR) is 87.8 cm³/mol. The third-order valence-corrected chi connectivity index (χ3v) is 6.30. The second-order valence-corrected chi connectivity index (χ2v) is 7.88. The van der Waals surface area contributed by atoms with Crippen molar-refractivity contribution in [2.75, 3.05) is 13.1 Å². The SMILES string of the molecule is Cc1cc([N+](=O)[O-])ccc1S(=O)(=O)N1CCC[C@@H](c2n[nH]c(=O)[nH]2)C1. The Morgan fingerprint density at radius 3 is 2.76 bits per heavy atom. The van der Waals surface area contributed by atoms with Crippen LogP contribution < -0.4 is 5.69 Å². The molecule has 1 aliphatic rings. The van der Waals surface area contributed by atoms with Crippen LogP contribution in [0, 0.1) is 17.0 Å². The molecule has 1 aliphatic heterocycles. The van der Waals surface area contributed by atoms with Crippen LogP contribution in [-0.4, -0.2) is 45.9 Å². The number of aryl methyl sites for hydroxylation is 1. The summed E-state index contributed by atoms with van der Waals surface area (Å²) in [6.07, 6.45) is 1.34. The highest BCUT2D eigenvalue weighted by atomic mass is 32.2. The van der Waals surface area contributed by atoms with Crippen molar-refractivity contribution in [2.45, 2.75) is 30.6 Å². The van der Waals surface area contributed by atoms with E-state index in [4.69, 9.17) is 0 Å². The molecule has 10 nitrogen and oxygen atoms in total. The van der Waals surface area contributed by atoms with Gasteiger partial charge in [-0.05, 0) is 31.4 Å². The third kappa shape index (κ3) is 3.33. The lowest BCUT2D eigenvalue weighted by Crippen LogP contribution is -2.39. The number of rotatable bonds is 4. The third-order valence-electron chi connectivity index (χ3n) is 4.28. The molecule has 1 atom stereocenters. The maximum absolute atomic E-state index is 12.9. The number of nitrogens with one attached hydrogen (secondary N) is 2. The fraction of sp³-hybridized carbons (Fsp3) is 0.429. The number of nitrogens with zero attached hydrogens (tertiary/aromatic N) is 3. The Balaban J connectivity index is 1.89. The first-order valence-electron chi connectivity index (χ1n) is 7.69. The molecule has 2 heterocycles. The van der Waals surface area contributed by atoms with Gasteiger partial charge in [-0.2, -0.15) is 9.40 Å². The molecular weight excluding hydrogens is 350 g/mol. The van der Waals surface area contributed by atoms with Crippen molar-refractivity contribution >= 4 is 15.7 Å². The molecule has 25 heavy (non-hydrogen) atoms. The van der Waals surface area contributed by atoms with E-state index in [0.717, 1.165) is 0 Å². The molecular formula is C14H17N5O5S. The largest absolute Gasteiger partial charge is 0.340 e. The Morgan fingerprint density at radius 2 is 2.16 bits per heavy atom. The van der Waals surface area contributed by atoms with Gasteiger partial charge in [0.15, 0.2) is 0 Å². The summed E-state index contributed by atoms with van der Waals surface area (Å²) in [7, 11) is -3.79. The first-order valence-corrected chi connectivity index (χ1v) is 9.13. The van der Waals surface area contributed by atoms with E-state index < -0.39 is 20.6 Å². The lowest BCUT2D eigenvalue weighted by Gasteiger charge is -2.31. The molecule has 0 bridgehead atoms. The summed E-state index contributed by atoms with van der Waals surface area (Å²) in [6, 6.07) is 3.70. The molecule has 0 aliphatic carbocycles. The van der Waals surface area contributed by atoms with E-state index >= 15 is 0 Å². The summed E-state index contributed by atoms with van der Waals surface area (Å²) < 4.78 is 27.2. The highest BCUT2D eigenvalue weighted by Gasteiger charge is 2.33. The summed E-state index contributed by atoms with van der Waals surface area (Å²) in [5.41, 5.74) is -0.257. The van der Waals surface area contributed by atoms with Crippen LogP contribution in [-0.2, 0) is 10.0 Å². The van der Waals surface area contributed by atoms with Crippen molar-refractivity contribution in [1.29, 1.82) is 0 Å². The summed E-state index contributed by atoms with van der Waals surface area (Å²) >= 11 is 0. The van der Waals surface area contributed by atoms with Gasteiger partial charge in [0, 0.05) is 31.1 Å². The van der Waals surface area contributed by atoms with Gasteiger partial charge in [0.05, 0.1) is 9.82 Å². The first-order chi connectivity index (χ1) is 11.8. The number of non-ortho nitro benzene ring substituents is 1. The van der Waals surface area contributed by atoms with Gasteiger partial charge in [0.1, 0.15) is 5.82 Å². The van der Waals surface area contributed by atoms with Crippen LogP contribution in [0.3, 0.4) is 0 Å². The van der Waals surface area contributed by atoms with Crippen molar-refractivity contribution in [1.82, 2.24) is 19.5 Å². The summed E-state index contributed by atoms with van der Waals surface area (Å²) in [5, 5.41) is 17.0. The number of piperidine rings is 1. The average molecular weight is 367 g/mol. The molecule has 3 rings (SSSR count). The van der Waals surface area contributed by atoms with Crippen LogP contribution in [0.15, 0.2) is 27.9 Å². The van der Waals surface area contributed by atoms with E-state index in [-0.39, 0.29) is 23.0 Å². The van der Waals surface area contributed by atoms with Crippen LogP contribution in [0.4, 0.5) is 5.69 Å². The van der Waals surface area contributed by atoms with Crippen molar-refractivity contribution in [2.24, 2.45) is 0 Å². The maximum Gasteiger partial charge on any atom is 0.340 e. The molecule has 0 saturated carbocycles. The molecule has 1 aromatic heterocycles. The minimum absolute atomic E-state index is 0.0503. The van der Waals surface area contributed by atoms with Crippen molar-refractivity contribution < 1.29 is 13.3 Å². The zero-order valence-corrected chi connectivity index (χ0v) is 14.2. The van der Waals surface area contributed by atoms with Crippen LogP contribution in [0.1, 0.15) is 30.1 Å². The molecule has 0 unspecified atom stereocenters. The summed E-state index contributed by atoms with van der Waals surface area (Å²) in [4.78, 5) is 24.1. The Morgan fingerprint density at radius 1 is 1.40 bits per heavy atom. The van der Waals surface area contributed by atoms with Gasteiger partial charge >= 0.3 is 5.69 Å². The van der Waals surface area contributed by atoms with E-state index in [9.17, 15) is 23.3 Å². The van der Waals surface area contributed by atoms with E-state index in [1.807, 2.05) is 0 Å². The molecule has 2 aromatic rings. The number of aromatic nitrogens is 3. The number of sulfonamides is 1. The number of benzene rings is 1. The van der Waals surface area contributed by atoms with Gasteiger partial charge in [-0.15, -0.1) is 0 Å². The molecule has 0 spiro atoms. The highest BCUT2D eigenvalue weighted by molar-refractivity contribution is 7.89. The first kappa shape index (κ1) is 17.3. The molecule has 134 valence electrons. The Bertz CT molecular complexity index is 964. The summed E-state index contributed by atoms with van der Waals surface area (Å²) in [5.74, 6) is 0.228. The van der Waals surface area contributed by atoms with Crippen molar-refractivity contribution in [3.05, 3.63) is 50.2 Å². The smallest absolute Gasteiger partial charge is 0.293 e. The number of H-pyrrole nitrogens is 2. The molecule has 1 fully saturated rings. The fourth-order valence-electron chi connectivity index (χ4n) is 3.04. The van der Waals surface area contributed by atoms with Crippen LogP contribution in [0.25, 0.3) is 0 Å². The van der Waals surface area contributed by atoms with Gasteiger partial charge in [0.25, 0.3) is 5.69 Å². The van der Waals surface area contributed by atoms with E-state index in [1.54, 1.807) is 0 Å². The minimum atomic E-state index is -3.79. The Labute approximate surface area is 143 Å². The van der Waals surface area contributed by atoms with Gasteiger partial charge in [-0.3, -0.25) is 15.1 Å². The lowest BCUT2D eigenvalue weighted by molar-refractivity contribution is -0.385. The number of hydrogen-bond donors (Lipinski definition) is 2. The molecule has 1 aromatic carbocycles. The second-order valence-electron chi connectivity index (χ2n) is 5.97. The maximum atomic E-state index is 12.9. The Hall–Kier alpha value is -2.53. The monoisotopic (exact) mass is 367 g/mol. The number of nitro groups is 1. The number of nitro benzene ring substituents is 1. The lowest BCUT2D eigenvalue weighted by atomic mass is 9.99. The molecule has 11 heteroatoms. The normalized spacial score (nSPS) is 19.0. The van der Waals surface area contributed by atoms with Crippen LogP contribution in [0.5, 0.6) is 0 Å². The van der Waals surface area contributed by atoms with Crippen LogP contribution in [0.2, 0.25) is 0 Å². The van der Waals surface area contributed by atoms with Gasteiger partial charge in [0.2, 0.25) is 10.0 Å². The molecule has 2 N–H and O–H groups in total. The zero-order chi connectivity index (χ0) is 18.2. The van der Waals surface area contributed by atoms with Crippen LogP contribution >= 0.6 is 0 Å². The van der Waals surface area contributed by atoms with E-state index in [0.29, 0.717) is 30.8 Å². The van der Waals surface area contributed by atoms with Gasteiger partial charge in [-0.25, -0.2) is 18.3 Å². The van der Waals surface area contributed by atoms with E-state index in [2.05, 4.69) is 15.2 Å². The summed E-state index contributed by atoms with van der Waals surface area (Å²) in [6.45, 7) is 2.08. The zero-order valence-electron chi connectivity index (χ0n) is 13.4. The second kappa shape index (κ2) is 6.41. The average Bonchev–Trinajstić information content (AvgIpc) is 3.01. The number of aromatic amines is 2. The minimum Gasteiger partial charge on any atom is -0.293 e. The molecule has 0 amide bonds. The Kier molecular flexibility index (Phi) is 4.43. The molecule has 0 radical (unpaired) electrons. The number of hydrogen-bond acceptors (Lipinski definition) is 6. The van der Waals surface area contributed by atoms with Gasteiger partial charge in [-0.1, -0.05) is 0 Å². The predicted octanol–water partition coefficient (Wildman–Crippen LogP) is 0.883. The fourth-order valence-corrected chi connectivity index (χ4v) is 4.77. The van der Waals surface area contributed by atoms with Gasteiger partial charge < -0.3 is 0 Å². The van der Waals surface area contributed by atoms with Crippen molar-refractivity contribution in [3.63, 3.8) is 0 Å². The quantitative estimate of drug-likeness (QED) is 0.607. The highest BCUT2D eigenvalue weighted by Crippen LogP contribution is 2.30. The van der Waals surface area contributed by atoms with Crippen molar-refractivity contribution in [3.8, 4) is 0 Å².